The maximum atomic E-state index is 9.27. The highest BCUT2D eigenvalue weighted by atomic mass is 16.7. The van der Waals surface area contributed by atoms with Crippen LogP contribution in [0.1, 0.15) is 13.8 Å². The first kappa shape index (κ1) is 9.40. The van der Waals surface area contributed by atoms with Crippen LogP contribution in [-0.4, -0.2) is 36.9 Å². The van der Waals surface area contributed by atoms with E-state index in [-0.39, 0.29) is 19.1 Å². The van der Waals surface area contributed by atoms with Gasteiger partial charge in [0, 0.05) is 5.92 Å². The van der Waals surface area contributed by atoms with E-state index in [2.05, 4.69) is 12.2 Å². The fraction of sp³-hybridized carbons (Fsp3) is 1.00. The van der Waals surface area contributed by atoms with E-state index in [1.165, 1.54) is 0 Å². The number of aliphatic hydroxyl groups is 1. The summed E-state index contributed by atoms with van der Waals surface area (Å²) in [5.41, 5.74) is -0.435. The van der Waals surface area contributed by atoms with Crippen LogP contribution >= 0.6 is 0 Å². The van der Waals surface area contributed by atoms with Crippen LogP contribution in [0, 0.1) is 11.8 Å². The third-order valence-corrected chi connectivity index (χ3v) is 3.21. The van der Waals surface area contributed by atoms with Crippen LogP contribution < -0.4 is 5.32 Å². The number of rotatable bonds is 2. The van der Waals surface area contributed by atoms with Crippen molar-refractivity contribution in [2.75, 3.05) is 13.7 Å². The standard InChI is InChI=1S/C9H17NO3/c1-5-6-7(5)12-8(10-3)13-9(6,2)4-11/h5-8,10-11H,4H2,1-3H3/t5?,6-,7?,8?,9?/m0/s1. The van der Waals surface area contributed by atoms with E-state index < -0.39 is 5.60 Å². The first-order valence-corrected chi connectivity index (χ1v) is 4.74. The topological polar surface area (TPSA) is 50.7 Å². The van der Waals surface area contributed by atoms with Gasteiger partial charge in [0.1, 0.15) is 0 Å². The molecule has 4 unspecified atom stereocenters. The van der Waals surface area contributed by atoms with E-state index in [9.17, 15) is 5.11 Å². The Morgan fingerprint density at radius 2 is 2.23 bits per heavy atom. The molecule has 13 heavy (non-hydrogen) atoms. The van der Waals surface area contributed by atoms with E-state index >= 15 is 0 Å². The van der Waals surface area contributed by atoms with Crippen molar-refractivity contribution in [1.82, 2.24) is 5.32 Å². The minimum absolute atomic E-state index is 0.0556. The second-order valence-corrected chi connectivity index (χ2v) is 4.19. The zero-order chi connectivity index (χ0) is 9.64. The highest BCUT2D eigenvalue weighted by Crippen LogP contribution is 2.53. The molecular weight excluding hydrogens is 170 g/mol. The van der Waals surface area contributed by atoms with Gasteiger partial charge < -0.3 is 14.6 Å². The molecule has 2 fully saturated rings. The number of hydrogen-bond acceptors (Lipinski definition) is 4. The van der Waals surface area contributed by atoms with Gasteiger partial charge in [-0.05, 0) is 19.9 Å². The molecule has 0 aromatic heterocycles. The summed E-state index contributed by atoms with van der Waals surface area (Å²) >= 11 is 0. The van der Waals surface area contributed by atoms with E-state index in [1.807, 2.05) is 6.92 Å². The molecule has 1 saturated heterocycles. The minimum atomic E-state index is -0.435. The Labute approximate surface area is 78.2 Å². The maximum Gasteiger partial charge on any atom is 0.216 e. The number of nitrogens with one attached hydrogen (secondary N) is 1. The SMILES string of the molecule is CNC1OC2C(C)[C@@H]2C(C)(CO)O1. The van der Waals surface area contributed by atoms with Gasteiger partial charge in [0.2, 0.25) is 6.41 Å². The van der Waals surface area contributed by atoms with Gasteiger partial charge >= 0.3 is 0 Å². The molecule has 2 N–H and O–H groups in total. The molecule has 1 aliphatic carbocycles. The Morgan fingerprint density at radius 3 is 2.77 bits per heavy atom. The number of aliphatic hydroxyl groups excluding tert-OH is 1. The third-order valence-electron chi connectivity index (χ3n) is 3.21. The van der Waals surface area contributed by atoms with Crippen molar-refractivity contribution >= 4 is 0 Å². The Kier molecular flexibility index (Phi) is 2.11. The summed E-state index contributed by atoms with van der Waals surface area (Å²) in [6.07, 6.45) is -0.119. The lowest BCUT2D eigenvalue weighted by atomic mass is 9.99. The Balaban J connectivity index is 2.11. The monoisotopic (exact) mass is 187 g/mol. The molecular formula is C9H17NO3. The lowest BCUT2D eigenvalue weighted by molar-refractivity contribution is -0.273. The Hall–Kier alpha value is -0.160. The highest BCUT2D eigenvalue weighted by Gasteiger charge is 2.63. The van der Waals surface area contributed by atoms with Crippen LogP contribution in [0.25, 0.3) is 0 Å². The summed E-state index contributed by atoms with van der Waals surface area (Å²) in [6, 6.07) is 0. The van der Waals surface area contributed by atoms with E-state index in [0.717, 1.165) is 0 Å². The average Bonchev–Trinajstić information content (AvgIpc) is 2.78. The van der Waals surface area contributed by atoms with Crippen LogP contribution in [0.3, 0.4) is 0 Å². The van der Waals surface area contributed by atoms with Gasteiger partial charge in [-0.15, -0.1) is 0 Å². The molecule has 1 heterocycles. The molecule has 0 aromatic rings. The predicted octanol–water partition coefficient (Wildman–Crippen LogP) is -0.0783. The van der Waals surface area contributed by atoms with Gasteiger partial charge in [-0.1, -0.05) is 6.92 Å². The second-order valence-electron chi connectivity index (χ2n) is 4.19. The van der Waals surface area contributed by atoms with Crippen molar-refractivity contribution in [3.63, 3.8) is 0 Å². The molecule has 4 nitrogen and oxygen atoms in total. The Bertz CT molecular complexity index is 211. The Morgan fingerprint density at radius 1 is 1.54 bits per heavy atom. The zero-order valence-electron chi connectivity index (χ0n) is 8.28. The van der Waals surface area contributed by atoms with Crippen molar-refractivity contribution in [3.05, 3.63) is 0 Å². The van der Waals surface area contributed by atoms with Crippen molar-refractivity contribution < 1.29 is 14.6 Å². The largest absolute Gasteiger partial charge is 0.393 e. The maximum absolute atomic E-state index is 9.27. The van der Waals surface area contributed by atoms with E-state index in [1.54, 1.807) is 7.05 Å². The summed E-state index contributed by atoms with van der Waals surface area (Å²) < 4.78 is 11.2. The molecule has 4 heteroatoms. The van der Waals surface area contributed by atoms with Crippen LogP contribution in [0.4, 0.5) is 0 Å². The molecule has 2 rings (SSSR count). The van der Waals surface area contributed by atoms with Gasteiger partial charge in [-0.3, -0.25) is 5.32 Å². The smallest absolute Gasteiger partial charge is 0.216 e. The quantitative estimate of drug-likeness (QED) is 0.635. The van der Waals surface area contributed by atoms with Crippen LogP contribution in [-0.2, 0) is 9.47 Å². The van der Waals surface area contributed by atoms with Gasteiger partial charge in [-0.25, -0.2) is 0 Å². The molecule has 0 radical (unpaired) electrons. The van der Waals surface area contributed by atoms with Crippen molar-refractivity contribution in [2.24, 2.45) is 11.8 Å². The van der Waals surface area contributed by atoms with Crippen molar-refractivity contribution in [1.29, 1.82) is 0 Å². The summed E-state index contributed by atoms with van der Waals surface area (Å²) in [7, 11) is 1.79. The minimum Gasteiger partial charge on any atom is -0.393 e. The molecule has 1 saturated carbocycles. The second kappa shape index (κ2) is 2.92. The predicted molar refractivity (Wildman–Crippen MR) is 47.0 cm³/mol. The molecule has 1 aliphatic heterocycles. The molecule has 76 valence electrons. The zero-order valence-corrected chi connectivity index (χ0v) is 8.28. The van der Waals surface area contributed by atoms with Crippen LogP contribution in [0.15, 0.2) is 0 Å². The number of hydrogen-bond donors (Lipinski definition) is 2. The fourth-order valence-electron chi connectivity index (χ4n) is 2.30. The van der Waals surface area contributed by atoms with Crippen molar-refractivity contribution in [2.45, 2.75) is 32.0 Å². The lowest BCUT2D eigenvalue weighted by Gasteiger charge is -2.36. The number of fused-ring (bicyclic) bond motifs is 1. The highest BCUT2D eigenvalue weighted by molar-refractivity contribution is 5.08. The summed E-state index contributed by atoms with van der Waals surface area (Å²) in [4.78, 5) is 0. The summed E-state index contributed by atoms with van der Waals surface area (Å²) in [5, 5.41) is 12.2. The number of ether oxygens (including phenoxy) is 2. The third kappa shape index (κ3) is 1.29. The van der Waals surface area contributed by atoms with Crippen molar-refractivity contribution in [3.8, 4) is 0 Å². The first-order chi connectivity index (χ1) is 6.12. The van der Waals surface area contributed by atoms with Crippen LogP contribution in [0.5, 0.6) is 0 Å². The molecule has 0 bridgehead atoms. The van der Waals surface area contributed by atoms with Gasteiger partial charge in [0.05, 0.1) is 18.3 Å². The van der Waals surface area contributed by atoms with Crippen LogP contribution in [0.2, 0.25) is 0 Å². The van der Waals surface area contributed by atoms with Gasteiger partial charge in [-0.2, -0.15) is 0 Å². The molecule has 2 aliphatic rings. The molecule has 0 aromatic carbocycles. The molecule has 0 amide bonds. The van der Waals surface area contributed by atoms with E-state index in [4.69, 9.17) is 9.47 Å². The van der Waals surface area contributed by atoms with Gasteiger partial charge in [0.25, 0.3) is 0 Å². The summed E-state index contributed by atoms with van der Waals surface area (Å²) in [6.45, 7) is 4.13. The van der Waals surface area contributed by atoms with Gasteiger partial charge in [0.15, 0.2) is 0 Å². The normalized spacial score (nSPS) is 54.5. The summed E-state index contributed by atoms with van der Waals surface area (Å²) in [5.74, 6) is 0.845. The average molecular weight is 187 g/mol. The molecule has 0 spiro atoms. The fourth-order valence-corrected chi connectivity index (χ4v) is 2.30. The lowest BCUT2D eigenvalue weighted by Crippen LogP contribution is -2.50. The molecule has 5 atom stereocenters. The van der Waals surface area contributed by atoms with E-state index in [0.29, 0.717) is 11.8 Å². The first-order valence-electron chi connectivity index (χ1n) is 4.74.